The second-order valence-electron chi connectivity index (χ2n) is 13.5. The predicted molar refractivity (Wildman–Crippen MR) is 209 cm³/mol. The van der Waals surface area contributed by atoms with Gasteiger partial charge >= 0.3 is 30.2 Å². The van der Waals surface area contributed by atoms with E-state index in [1.807, 2.05) is 0 Å². The molecule has 0 spiro atoms. The second-order valence-corrected chi connectivity index (χ2v) is 13.5. The summed E-state index contributed by atoms with van der Waals surface area (Å²) >= 11 is 0. The van der Waals surface area contributed by atoms with Crippen LogP contribution in [0, 0.1) is 0 Å². The predicted octanol–water partition coefficient (Wildman–Crippen LogP) is 0.390. The lowest BCUT2D eigenvalue weighted by molar-refractivity contribution is -0.128. The van der Waals surface area contributed by atoms with Crippen LogP contribution in [0.1, 0.15) is 6.42 Å². The van der Waals surface area contributed by atoms with Crippen molar-refractivity contribution < 1.29 is 48.5 Å². The zero-order valence-corrected chi connectivity index (χ0v) is 33.1. The molecule has 6 aliphatic rings. The fourth-order valence-corrected chi connectivity index (χ4v) is 7.95. The molecule has 6 aliphatic heterocycles. The Morgan fingerprint density at radius 3 is 1.16 bits per heavy atom. The third-order valence-electron chi connectivity index (χ3n) is 10.2. The molecule has 6 heterocycles. The average Bonchev–Trinajstić information content (AvgIpc) is 3.97. The Hall–Kier alpha value is -5.90. The van der Waals surface area contributed by atoms with E-state index in [9.17, 15) is 39.0 Å². The van der Waals surface area contributed by atoms with E-state index in [0.29, 0.717) is 32.6 Å². The van der Waals surface area contributed by atoms with Crippen molar-refractivity contribution in [1.82, 2.24) is 54.3 Å². The van der Waals surface area contributed by atoms with E-state index in [0.717, 1.165) is 0 Å². The summed E-state index contributed by atoms with van der Waals surface area (Å²) in [6.45, 7) is 23.0. The number of fused-ring (bicyclic) bond motifs is 3. The van der Waals surface area contributed by atoms with Crippen LogP contribution in [0.4, 0.5) is 24.0 Å². The van der Waals surface area contributed by atoms with Gasteiger partial charge < -0.3 is 34.8 Å². The number of rotatable bonds is 18. The Morgan fingerprint density at radius 1 is 0.517 bits per heavy atom. The smallest absolute Gasteiger partial charge is 0.325 e. The minimum atomic E-state index is -0.648. The number of likely N-dealkylation sites (tertiary alicyclic amines) is 1. The van der Waals surface area contributed by atoms with E-state index in [-0.39, 0.29) is 62.8 Å². The number of carbonyl (C=O) groups excluding carboxylic acids is 6. The largest absolute Gasteiger partial charge is 0.376 e. The fraction of sp³-hybridized carbons (Fsp3) is 0.514. The Morgan fingerprint density at radius 2 is 0.828 bits per heavy atom. The van der Waals surface area contributed by atoms with E-state index in [1.54, 1.807) is 43.9 Å². The maximum absolute atomic E-state index is 12.6. The van der Waals surface area contributed by atoms with Crippen LogP contribution in [0.3, 0.4) is 0 Å². The Kier molecular flexibility index (Phi) is 15.4. The maximum Gasteiger partial charge on any atom is 0.325 e. The summed E-state index contributed by atoms with van der Waals surface area (Å²) in [7, 11) is 3.03. The molecule has 11 amide bonds. The first-order valence-corrected chi connectivity index (χ1v) is 18.4. The van der Waals surface area contributed by atoms with Crippen LogP contribution in [-0.4, -0.2) is 213 Å². The summed E-state index contributed by atoms with van der Waals surface area (Å²) in [6, 6.07) is -1.39. The van der Waals surface area contributed by atoms with Crippen molar-refractivity contribution in [2.45, 2.75) is 43.3 Å². The van der Waals surface area contributed by atoms with Crippen LogP contribution in [0.15, 0.2) is 75.9 Å². The molecule has 21 heteroatoms. The molecular weight excluding hydrogens is 758 g/mol. The topological polar surface area (TPSA) is 206 Å². The Labute approximate surface area is 338 Å². The second kappa shape index (κ2) is 20.0. The van der Waals surface area contributed by atoms with E-state index < -0.39 is 50.2 Å². The lowest BCUT2D eigenvalue weighted by Gasteiger charge is -2.28. The first-order chi connectivity index (χ1) is 27.9. The van der Waals surface area contributed by atoms with Crippen LogP contribution in [0.25, 0.3) is 0 Å². The average molecular weight is 814 g/mol. The van der Waals surface area contributed by atoms with Crippen molar-refractivity contribution in [3.8, 4) is 0 Å². The molecule has 21 nitrogen and oxygen atoms in total. The van der Waals surface area contributed by atoms with Gasteiger partial charge in [-0.05, 0) is 0 Å². The van der Waals surface area contributed by atoms with Crippen molar-refractivity contribution in [2.24, 2.45) is 0 Å². The molecule has 318 valence electrons. The normalized spacial score (nSPS) is 25.7. The number of hydrogen-bond donors (Lipinski definition) is 3. The lowest BCUT2D eigenvalue weighted by Crippen LogP contribution is -2.47. The van der Waals surface area contributed by atoms with Crippen LogP contribution >= 0.6 is 0 Å². The summed E-state index contributed by atoms with van der Waals surface area (Å²) in [5.74, 6) is 0.0592. The highest BCUT2D eigenvalue weighted by atomic mass is 16.5. The van der Waals surface area contributed by atoms with Gasteiger partial charge in [-0.3, -0.25) is 44.0 Å². The number of nitrogens with zero attached hydrogens (tertiary/aromatic N) is 10. The number of ether oxygens (including phenoxy) is 2. The number of carbonyl (C=O) groups is 6. The van der Waals surface area contributed by atoms with Crippen molar-refractivity contribution >= 4 is 36.1 Å². The van der Waals surface area contributed by atoms with Crippen molar-refractivity contribution in [3.63, 3.8) is 0 Å². The van der Waals surface area contributed by atoms with Gasteiger partial charge in [-0.25, -0.2) is 24.0 Å². The Bertz CT molecular complexity index is 1510. The molecule has 6 rings (SSSR count). The Balaban J connectivity index is 0.000000195. The van der Waals surface area contributed by atoms with Gasteiger partial charge in [-0.1, -0.05) is 36.5 Å². The van der Waals surface area contributed by atoms with E-state index in [1.165, 1.54) is 55.8 Å². The lowest BCUT2D eigenvalue weighted by atomic mass is 10.2. The number of aliphatic hydroxyl groups excluding tert-OH is 2. The molecule has 0 aromatic rings. The number of nitrogens with one attached hydrogen (secondary N) is 1. The molecule has 0 aliphatic carbocycles. The van der Waals surface area contributed by atoms with Crippen LogP contribution in [0.5, 0.6) is 0 Å². The van der Waals surface area contributed by atoms with Crippen LogP contribution in [-0.2, 0) is 14.3 Å². The molecule has 0 aromatic carbocycles. The van der Waals surface area contributed by atoms with Crippen molar-refractivity contribution in [2.75, 3.05) is 80.4 Å². The first-order valence-electron chi connectivity index (χ1n) is 18.4. The van der Waals surface area contributed by atoms with Gasteiger partial charge in [0.05, 0.1) is 12.5 Å². The molecule has 6 fully saturated rings. The molecule has 0 bridgehead atoms. The molecule has 0 saturated carbocycles. The summed E-state index contributed by atoms with van der Waals surface area (Å²) < 4.78 is 10.3. The summed E-state index contributed by atoms with van der Waals surface area (Å²) in [6.07, 6.45) is 7.68. The van der Waals surface area contributed by atoms with Gasteiger partial charge in [0.15, 0.2) is 24.7 Å². The zero-order valence-electron chi connectivity index (χ0n) is 33.1. The van der Waals surface area contributed by atoms with Crippen LogP contribution < -0.4 is 5.32 Å². The van der Waals surface area contributed by atoms with Crippen LogP contribution in [0.2, 0.25) is 0 Å². The molecule has 6 unspecified atom stereocenters. The van der Waals surface area contributed by atoms with E-state index >= 15 is 0 Å². The highest BCUT2D eigenvalue weighted by Crippen LogP contribution is 2.36. The van der Waals surface area contributed by atoms with Gasteiger partial charge in [0.2, 0.25) is 5.91 Å². The number of hydrogen-bond acceptors (Lipinski definition) is 10. The SMILES string of the molecule is C=CCN1C(=O)N(CO)C2C1N(CO)C(=O)N2CC=C.C=CCN1C(=O)N(COC)C2C1N(COC)C(=O)N2CC=C.C=CCN1C(=O)NC2C1CC(=O)N2CC=C. The summed E-state index contributed by atoms with van der Waals surface area (Å²) in [5, 5.41) is 21.6. The molecule has 0 radical (unpaired) electrons. The van der Waals surface area contributed by atoms with E-state index in [4.69, 9.17) is 9.47 Å². The monoisotopic (exact) mass is 813 g/mol. The maximum atomic E-state index is 12.6. The molecule has 6 atom stereocenters. The third kappa shape index (κ3) is 8.10. The summed E-state index contributed by atoms with van der Waals surface area (Å²) in [5.41, 5.74) is 0. The minimum absolute atomic E-state index is 0.0592. The van der Waals surface area contributed by atoms with Gasteiger partial charge in [-0.2, -0.15) is 0 Å². The molecule has 58 heavy (non-hydrogen) atoms. The van der Waals surface area contributed by atoms with Gasteiger partial charge in [0.1, 0.15) is 33.1 Å². The number of methoxy groups -OCH3 is 2. The minimum Gasteiger partial charge on any atom is -0.376 e. The number of amides is 11. The third-order valence-corrected chi connectivity index (χ3v) is 10.2. The van der Waals surface area contributed by atoms with Gasteiger partial charge in [-0.15, -0.1) is 39.5 Å². The summed E-state index contributed by atoms with van der Waals surface area (Å²) in [4.78, 5) is 87.7. The van der Waals surface area contributed by atoms with Crippen molar-refractivity contribution in [3.05, 3.63) is 75.9 Å². The van der Waals surface area contributed by atoms with Gasteiger partial charge in [0, 0.05) is 53.5 Å². The number of aliphatic hydroxyl groups is 2. The molecule has 0 aromatic heterocycles. The van der Waals surface area contributed by atoms with E-state index in [2.05, 4.69) is 44.8 Å². The van der Waals surface area contributed by atoms with Crippen molar-refractivity contribution in [1.29, 1.82) is 0 Å². The highest BCUT2D eigenvalue weighted by Gasteiger charge is 2.60. The number of urea groups is 5. The molecule has 6 saturated heterocycles. The standard InChI is InChI=1S/C14H22N4O4.C12H18N4O4.C11H15N3O2/c1-5-7-15-11-12(18(10-22-4)13(15)19)16(8-6-2)14(20)17(11)9-21-3;1-3-5-13-9-10(16(8-18)11(13)19)14(6-4-2)12(20)15(9)7-17;1-3-5-13-8-7-9(15)14(6-4-2)10(8)12-11(13)16/h5-6,11-12H,1-2,7-10H2,3-4H3;3-4,9-10,17-18H,1-2,5-8H2;3-4,8,10H,1-2,5-7H2,(H,12,16). The fourth-order valence-electron chi connectivity index (χ4n) is 7.95. The molecule has 3 N–H and O–H groups in total. The highest BCUT2D eigenvalue weighted by molar-refractivity contribution is 5.87. The first kappa shape index (κ1) is 44.8. The molecular formula is C37H55N11O10. The van der Waals surface area contributed by atoms with Gasteiger partial charge in [0.25, 0.3) is 0 Å². The quantitative estimate of drug-likeness (QED) is 0.162. The zero-order chi connectivity index (χ0) is 42.8.